The van der Waals surface area contributed by atoms with Crippen LogP contribution in [0.1, 0.15) is 22.6 Å². The summed E-state index contributed by atoms with van der Waals surface area (Å²) in [5.41, 5.74) is 3.21. The second-order valence-corrected chi connectivity index (χ2v) is 8.28. The van der Waals surface area contributed by atoms with Crippen LogP contribution in [0, 0.1) is 25.2 Å². The molecule has 0 spiro atoms. The number of halogens is 2. The van der Waals surface area contributed by atoms with Gasteiger partial charge in [-0.1, -0.05) is 35.3 Å². The third kappa shape index (κ3) is 4.46. The highest BCUT2D eigenvalue weighted by Crippen LogP contribution is 2.32. The van der Waals surface area contributed by atoms with Crippen LogP contribution in [0.3, 0.4) is 0 Å². The fourth-order valence-corrected chi connectivity index (χ4v) is 4.04. The molecule has 4 rings (SSSR count). The highest BCUT2D eigenvalue weighted by Gasteiger charge is 2.17. The van der Waals surface area contributed by atoms with Crippen molar-refractivity contribution in [1.29, 1.82) is 5.26 Å². The second-order valence-electron chi connectivity index (χ2n) is 7.50. The van der Waals surface area contributed by atoms with Crippen molar-refractivity contribution >= 4 is 40.9 Å². The van der Waals surface area contributed by atoms with E-state index in [2.05, 4.69) is 4.98 Å². The zero-order chi connectivity index (χ0) is 24.4. The molecule has 3 aromatic heterocycles. The lowest BCUT2D eigenvalue weighted by atomic mass is 10.1. The van der Waals surface area contributed by atoms with Gasteiger partial charge in [0.05, 0.1) is 21.4 Å². The van der Waals surface area contributed by atoms with Crippen molar-refractivity contribution in [2.75, 3.05) is 0 Å². The van der Waals surface area contributed by atoms with E-state index < -0.39 is 5.97 Å². The fraction of sp³-hybridized carbons (Fsp3) is 0.120. The number of hydrogen-bond acceptors (Lipinski definition) is 5. The van der Waals surface area contributed by atoms with Gasteiger partial charge < -0.3 is 9.30 Å². The van der Waals surface area contributed by atoms with E-state index in [1.54, 1.807) is 36.5 Å². The predicted molar refractivity (Wildman–Crippen MR) is 130 cm³/mol. The first-order valence-corrected chi connectivity index (χ1v) is 11.0. The average molecular weight is 493 g/mol. The van der Waals surface area contributed by atoms with Gasteiger partial charge in [0.1, 0.15) is 23.9 Å². The highest BCUT2D eigenvalue weighted by atomic mass is 35.5. The van der Waals surface area contributed by atoms with Gasteiger partial charge in [0.2, 0.25) is 0 Å². The summed E-state index contributed by atoms with van der Waals surface area (Å²) in [5.74, 6) is -0.817. The van der Waals surface area contributed by atoms with Gasteiger partial charge in [0.25, 0.3) is 5.56 Å². The molecule has 0 bridgehead atoms. The Morgan fingerprint density at radius 3 is 2.74 bits per heavy atom. The van der Waals surface area contributed by atoms with Gasteiger partial charge >= 0.3 is 5.97 Å². The van der Waals surface area contributed by atoms with Gasteiger partial charge in [0, 0.05) is 23.7 Å². The Hall–Kier alpha value is -3.86. The number of benzene rings is 1. The molecule has 0 N–H and O–H groups in total. The number of ether oxygens (including phenoxy) is 1. The molecule has 0 fully saturated rings. The van der Waals surface area contributed by atoms with Gasteiger partial charge in [-0.15, -0.1) is 0 Å². The molecule has 34 heavy (non-hydrogen) atoms. The summed E-state index contributed by atoms with van der Waals surface area (Å²) in [7, 11) is 0. The number of hydrogen-bond donors (Lipinski definition) is 0. The molecular weight excluding hydrogens is 475 g/mol. The summed E-state index contributed by atoms with van der Waals surface area (Å²) in [6.07, 6.45) is 3.06. The minimum Gasteiger partial charge on any atom is -0.455 e. The maximum absolute atomic E-state index is 12.6. The average Bonchev–Trinajstić information content (AvgIpc) is 3.10. The first kappa shape index (κ1) is 23.3. The molecule has 4 aromatic rings. The van der Waals surface area contributed by atoms with Crippen molar-refractivity contribution in [2.24, 2.45) is 0 Å². The zero-order valence-corrected chi connectivity index (χ0v) is 19.8. The number of fused-ring (bicyclic) bond motifs is 1. The Bertz CT molecular complexity index is 1560. The standard InChI is InChI=1S/C25H18Cl2N4O3/c1-15-10-17(16(2)31(15)21-7-5-6-20(26)24(21)27)11-18(13-28)25(33)34-14-19-12-23(32)30-9-4-3-8-22(30)29-19/h3-12H,14H2,1-2H3/b18-11+. The van der Waals surface area contributed by atoms with E-state index in [0.29, 0.717) is 26.9 Å². The Balaban J connectivity index is 1.59. The van der Waals surface area contributed by atoms with Crippen LogP contribution in [0.15, 0.2) is 65.1 Å². The van der Waals surface area contributed by atoms with Crippen LogP contribution in [0.4, 0.5) is 0 Å². The van der Waals surface area contributed by atoms with Crippen LogP contribution >= 0.6 is 23.2 Å². The van der Waals surface area contributed by atoms with Gasteiger partial charge in [-0.3, -0.25) is 9.20 Å². The molecule has 0 saturated heterocycles. The molecule has 0 radical (unpaired) electrons. The molecule has 0 atom stereocenters. The van der Waals surface area contributed by atoms with Crippen LogP contribution < -0.4 is 5.56 Å². The molecule has 0 aliphatic heterocycles. The number of rotatable bonds is 5. The number of aryl methyl sites for hydroxylation is 1. The molecule has 0 aliphatic rings. The molecule has 0 aliphatic carbocycles. The highest BCUT2D eigenvalue weighted by molar-refractivity contribution is 6.43. The van der Waals surface area contributed by atoms with Gasteiger partial charge in [-0.2, -0.15) is 5.26 Å². The number of carbonyl (C=O) groups is 1. The fourth-order valence-electron chi connectivity index (χ4n) is 3.66. The lowest BCUT2D eigenvalue weighted by Gasteiger charge is -2.12. The number of pyridine rings is 1. The maximum atomic E-state index is 12.6. The lowest BCUT2D eigenvalue weighted by molar-refractivity contribution is -0.139. The molecule has 0 amide bonds. The maximum Gasteiger partial charge on any atom is 0.349 e. The molecule has 1 aromatic carbocycles. The number of nitrogens with zero attached hydrogens (tertiary/aromatic N) is 4. The first-order valence-electron chi connectivity index (χ1n) is 10.2. The quantitative estimate of drug-likeness (QED) is 0.220. The number of carbonyl (C=O) groups excluding carboxylic acids is 1. The van der Waals surface area contributed by atoms with Crippen molar-refractivity contribution in [2.45, 2.75) is 20.5 Å². The molecule has 0 unspecified atom stereocenters. The third-order valence-corrected chi connectivity index (χ3v) is 6.07. The van der Waals surface area contributed by atoms with Gasteiger partial charge in [-0.25, -0.2) is 9.78 Å². The van der Waals surface area contributed by atoms with E-state index in [1.807, 2.05) is 36.6 Å². The van der Waals surface area contributed by atoms with E-state index in [1.165, 1.54) is 16.5 Å². The smallest absolute Gasteiger partial charge is 0.349 e. The van der Waals surface area contributed by atoms with Crippen LogP contribution in [0.2, 0.25) is 10.0 Å². The zero-order valence-electron chi connectivity index (χ0n) is 18.3. The summed E-state index contributed by atoms with van der Waals surface area (Å²) in [4.78, 5) is 29.1. The third-order valence-electron chi connectivity index (χ3n) is 5.26. The second kappa shape index (κ2) is 9.56. The number of esters is 1. The van der Waals surface area contributed by atoms with Crippen LogP contribution in [0.25, 0.3) is 17.4 Å². The van der Waals surface area contributed by atoms with E-state index in [0.717, 1.165) is 11.4 Å². The summed E-state index contributed by atoms with van der Waals surface area (Å²) < 4.78 is 8.55. The molecule has 3 heterocycles. The van der Waals surface area contributed by atoms with Crippen molar-refractivity contribution in [3.8, 4) is 11.8 Å². The first-order chi connectivity index (χ1) is 16.3. The molecule has 0 saturated carbocycles. The molecule has 7 nitrogen and oxygen atoms in total. The summed E-state index contributed by atoms with van der Waals surface area (Å²) in [5, 5.41) is 10.4. The van der Waals surface area contributed by atoms with E-state index >= 15 is 0 Å². The lowest BCUT2D eigenvalue weighted by Crippen LogP contribution is -2.16. The Kier molecular flexibility index (Phi) is 6.55. The molecular formula is C25H18Cl2N4O3. The topological polar surface area (TPSA) is 89.4 Å². The Morgan fingerprint density at radius 1 is 1.18 bits per heavy atom. The Labute approximate surface area is 205 Å². The van der Waals surface area contributed by atoms with Gasteiger partial charge in [-0.05, 0) is 55.8 Å². The van der Waals surface area contributed by atoms with E-state index in [9.17, 15) is 14.9 Å². The van der Waals surface area contributed by atoms with Crippen molar-refractivity contribution in [3.05, 3.63) is 103 Å². The van der Waals surface area contributed by atoms with Crippen LogP contribution in [-0.4, -0.2) is 19.9 Å². The monoisotopic (exact) mass is 492 g/mol. The van der Waals surface area contributed by atoms with Crippen LogP contribution in [-0.2, 0) is 16.1 Å². The molecule has 9 heteroatoms. The van der Waals surface area contributed by atoms with Crippen molar-refractivity contribution < 1.29 is 9.53 Å². The largest absolute Gasteiger partial charge is 0.455 e. The number of aromatic nitrogens is 3. The summed E-state index contributed by atoms with van der Waals surface area (Å²) in [6, 6.07) is 15.5. The van der Waals surface area contributed by atoms with Gasteiger partial charge in [0.15, 0.2) is 0 Å². The predicted octanol–water partition coefficient (Wildman–Crippen LogP) is 5.06. The SMILES string of the molecule is Cc1cc(/C=C(\C#N)C(=O)OCc2cc(=O)n3ccccc3n2)c(C)n1-c1cccc(Cl)c1Cl. The Morgan fingerprint density at radius 2 is 1.97 bits per heavy atom. The van der Waals surface area contributed by atoms with E-state index in [4.69, 9.17) is 27.9 Å². The van der Waals surface area contributed by atoms with Crippen molar-refractivity contribution in [1.82, 2.24) is 14.0 Å². The number of nitriles is 1. The van der Waals surface area contributed by atoms with Crippen LogP contribution in [0.5, 0.6) is 0 Å². The molecule has 170 valence electrons. The summed E-state index contributed by atoms with van der Waals surface area (Å²) >= 11 is 12.6. The minimum absolute atomic E-state index is 0.185. The normalized spacial score (nSPS) is 11.4. The summed E-state index contributed by atoms with van der Waals surface area (Å²) in [6.45, 7) is 3.49. The van der Waals surface area contributed by atoms with Crippen molar-refractivity contribution in [3.63, 3.8) is 0 Å². The minimum atomic E-state index is -0.817. The van der Waals surface area contributed by atoms with E-state index in [-0.39, 0.29) is 23.4 Å².